The predicted octanol–water partition coefficient (Wildman–Crippen LogP) is 3.23. The zero-order valence-electron chi connectivity index (χ0n) is 14.0. The molecule has 1 aliphatic rings. The van der Waals surface area contributed by atoms with Crippen molar-refractivity contribution in [3.8, 4) is 5.75 Å². The predicted molar refractivity (Wildman–Crippen MR) is 87.3 cm³/mol. The molecule has 0 bridgehead atoms. The SMILES string of the molecule is CC1CN(c2ccc(O)cc2)C(C)CN1C(=O)OC(C)(C)C. The van der Waals surface area contributed by atoms with E-state index >= 15 is 0 Å². The Kier molecular flexibility index (Phi) is 4.54. The van der Waals surface area contributed by atoms with Crippen molar-refractivity contribution in [1.82, 2.24) is 4.90 Å². The number of hydrogen-bond acceptors (Lipinski definition) is 4. The molecule has 1 aliphatic heterocycles. The smallest absolute Gasteiger partial charge is 0.410 e. The van der Waals surface area contributed by atoms with E-state index in [0.717, 1.165) is 12.2 Å². The highest BCUT2D eigenvalue weighted by Gasteiger charge is 2.34. The third-order valence-corrected chi connectivity index (χ3v) is 3.80. The van der Waals surface area contributed by atoms with Gasteiger partial charge in [-0.3, -0.25) is 0 Å². The summed E-state index contributed by atoms with van der Waals surface area (Å²) < 4.78 is 5.49. The molecule has 1 heterocycles. The number of amides is 1. The maximum absolute atomic E-state index is 12.3. The van der Waals surface area contributed by atoms with Gasteiger partial charge in [0, 0.05) is 30.9 Å². The lowest BCUT2D eigenvalue weighted by Gasteiger charge is -2.45. The van der Waals surface area contributed by atoms with E-state index < -0.39 is 5.60 Å². The number of rotatable bonds is 1. The Morgan fingerprint density at radius 1 is 1.14 bits per heavy atom. The van der Waals surface area contributed by atoms with Crippen LogP contribution in [-0.4, -0.2) is 46.9 Å². The number of carbonyl (C=O) groups excluding carboxylic acids is 1. The van der Waals surface area contributed by atoms with Gasteiger partial charge in [-0.15, -0.1) is 0 Å². The van der Waals surface area contributed by atoms with Crippen LogP contribution in [0.5, 0.6) is 5.75 Å². The van der Waals surface area contributed by atoms with Crippen LogP contribution in [0.15, 0.2) is 24.3 Å². The third kappa shape index (κ3) is 3.84. The number of benzene rings is 1. The van der Waals surface area contributed by atoms with Crippen LogP contribution in [0.4, 0.5) is 10.5 Å². The van der Waals surface area contributed by atoms with Crippen molar-refractivity contribution in [2.45, 2.75) is 52.3 Å². The second-order valence-corrected chi connectivity index (χ2v) is 7.00. The molecule has 1 aromatic rings. The first-order chi connectivity index (χ1) is 10.2. The van der Waals surface area contributed by atoms with Gasteiger partial charge in [-0.2, -0.15) is 0 Å². The molecule has 1 saturated heterocycles. The first kappa shape index (κ1) is 16.5. The number of nitrogens with zero attached hydrogens (tertiary/aromatic N) is 2. The van der Waals surface area contributed by atoms with Crippen LogP contribution in [0.2, 0.25) is 0 Å². The fourth-order valence-corrected chi connectivity index (χ4v) is 2.71. The van der Waals surface area contributed by atoms with Gasteiger partial charge < -0.3 is 19.6 Å². The largest absolute Gasteiger partial charge is 0.508 e. The van der Waals surface area contributed by atoms with E-state index in [1.165, 1.54) is 0 Å². The van der Waals surface area contributed by atoms with Crippen molar-refractivity contribution in [3.05, 3.63) is 24.3 Å². The van der Waals surface area contributed by atoms with Crippen LogP contribution in [-0.2, 0) is 4.74 Å². The fourth-order valence-electron chi connectivity index (χ4n) is 2.71. The molecule has 5 heteroatoms. The zero-order valence-corrected chi connectivity index (χ0v) is 14.0. The van der Waals surface area contributed by atoms with Gasteiger partial charge in [0.2, 0.25) is 0 Å². The lowest BCUT2D eigenvalue weighted by molar-refractivity contribution is 0.0130. The van der Waals surface area contributed by atoms with Gasteiger partial charge in [0.25, 0.3) is 0 Å². The van der Waals surface area contributed by atoms with E-state index in [9.17, 15) is 9.90 Å². The molecule has 2 atom stereocenters. The van der Waals surface area contributed by atoms with Gasteiger partial charge in [-0.1, -0.05) is 0 Å². The molecular formula is C17H26N2O3. The van der Waals surface area contributed by atoms with Crippen LogP contribution >= 0.6 is 0 Å². The van der Waals surface area contributed by atoms with E-state index in [4.69, 9.17) is 4.74 Å². The van der Waals surface area contributed by atoms with Gasteiger partial charge in [-0.05, 0) is 58.9 Å². The standard InChI is InChI=1S/C17H26N2O3/c1-12-11-19(16(21)22-17(3,4)5)13(2)10-18(12)14-6-8-15(20)9-7-14/h6-9,12-13,20H,10-11H2,1-5H3. The van der Waals surface area contributed by atoms with Gasteiger partial charge in [0.15, 0.2) is 0 Å². The molecule has 0 aromatic heterocycles. The highest BCUT2D eigenvalue weighted by molar-refractivity contribution is 5.69. The Hall–Kier alpha value is -1.91. The highest BCUT2D eigenvalue weighted by atomic mass is 16.6. The average Bonchev–Trinajstić information content (AvgIpc) is 2.40. The van der Waals surface area contributed by atoms with Crippen molar-refractivity contribution in [2.24, 2.45) is 0 Å². The van der Waals surface area contributed by atoms with E-state index in [1.807, 2.05) is 39.8 Å². The number of hydrogen-bond donors (Lipinski definition) is 1. The van der Waals surface area contributed by atoms with E-state index in [2.05, 4.69) is 11.8 Å². The number of anilines is 1. The van der Waals surface area contributed by atoms with Crippen molar-refractivity contribution >= 4 is 11.8 Å². The molecule has 2 rings (SSSR count). The number of phenolic OH excluding ortho intramolecular Hbond substituents is 1. The summed E-state index contributed by atoms with van der Waals surface area (Å²) in [7, 11) is 0. The number of carbonyl (C=O) groups is 1. The molecular weight excluding hydrogens is 280 g/mol. The molecule has 1 aromatic carbocycles. The molecule has 22 heavy (non-hydrogen) atoms. The van der Waals surface area contributed by atoms with Gasteiger partial charge >= 0.3 is 6.09 Å². The number of phenols is 1. The zero-order chi connectivity index (χ0) is 16.5. The molecule has 1 fully saturated rings. The molecule has 0 saturated carbocycles. The Morgan fingerprint density at radius 3 is 2.27 bits per heavy atom. The van der Waals surface area contributed by atoms with Crippen molar-refractivity contribution in [1.29, 1.82) is 0 Å². The van der Waals surface area contributed by atoms with Crippen molar-refractivity contribution in [3.63, 3.8) is 0 Å². The first-order valence-corrected chi connectivity index (χ1v) is 7.72. The highest BCUT2D eigenvalue weighted by Crippen LogP contribution is 2.26. The summed E-state index contributed by atoms with van der Waals surface area (Å²) in [6.07, 6.45) is -0.253. The Labute approximate surface area is 132 Å². The first-order valence-electron chi connectivity index (χ1n) is 7.72. The minimum atomic E-state index is -0.478. The Bertz CT molecular complexity index is 522. The summed E-state index contributed by atoms with van der Waals surface area (Å²) in [5, 5.41) is 9.41. The van der Waals surface area contributed by atoms with E-state index in [-0.39, 0.29) is 23.9 Å². The molecule has 0 aliphatic carbocycles. The monoisotopic (exact) mass is 306 g/mol. The second kappa shape index (κ2) is 6.07. The molecule has 122 valence electrons. The Balaban J connectivity index is 2.08. The lowest BCUT2D eigenvalue weighted by atomic mass is 10.1. The third-order valence-electron chi connectivity index (χ3n) is 3.80. The van der Waals surface area contributed by atoms with Crippen LogP contribution in [0, 0.1) is 0 Å². The molecule has 0 spiro atoms. The van der Waals surface area contributed by atoms with Crippen LogP contribution < -0.4 is 4.90 Å². The Morgan fingerprint density at radius 2 is 1.73 bits per heavy atom. The molecule has 0 radical (unpaired) electrons. The fraction of sp³-hybridized carbons (Fsp3) is 0.588. The summed E-state index contributed by atoms with van der Waals surface area (Å²) in [5.74, 6) is 0.261. The van der Waals surface area contributed by atoms with E-state index in [0.29, 0.717) is 6.54 Å². The number of piperazine rings is 1. The molecule has 1 amide bonds. The minimum absolute atomic E-state index is 0.0693. The molecule has 1 N–H and O–H groups in total. The topological polar surface area (TPSA) is 53.0 Å². The van der Waals surface area contributed by atoms with Gasteiger partial charge in [0.05, 0.1) is 0 Å². The maximum Gasteiger partial charge on any atom is 0.410 e. The number of aromatic hydroxyl groups is 1. The van der Waals surface area contributed by atoms with Gasteiger partial charge in [0.1, 0.15) is 11.4 Å². The summed E-state index contributed by atoms with van der Waals surface area (Å²) in [5.41, 5.74) is 0.578. The normalized spacial score (nSPS) is 22.6. The van der Waals surface area contributed by atoms with Crippen molar-refractivity contribution < 1.29 is 14.6 Å². The lowest BCUT2D eigenvalue weighted by Crippen LogP contribution is -2.58. The second-order valence-electron chi connectivity index (χ2n) is 7.00. The maximum atomic E-state index is 12.3. The minimum Gasteiger partial charge on any atom is -0.508 e. The van der Waals surface area contributed by atoms with E-state index in [1.54, 1.807) is 17.0 Å². The van der Waals surface area contributed by atoms with Crippen LogP contribution in [0.3, 0.4) is 0 Å². The van der Waals surface area contributed by atoms with Crippen LogP contribution in [0.1, 0.15) is 34.6 Å². The van der Waals surface area contributed by atoms with Crippen molar-refractivity contribution in [2.75, 3.05) is 18.0 Å². The molecule has 2 unspecified atom stereocenters. The average molecular weight is 306 g/mol. The summed E-state index contributed by atoms with van der Waals surface area (Å²) >= 11 is 0. The quantitative estimate of drug-likeness (QED) is 0.865. The summed E-state index contributed by atoms with van der Waals surface area (Å²) in [6.45, 7) is 11.1. The number of ether oxygens (including phenoxy) is 1. The summed E-state index contributed by atoms with van der Waals surface area (Å²) in [6, 6.07) is 7.44. The molecule has 5 nitrogen and oxygen atoms in total. The van der Waals surface area contributed by atoms with Gasteiger partial charge in [-0.25, -0.2) is 4.79 Å². The van der Waals surface area contributed by atoms with Crippen LogP contribution in [0.25, 0.3) is 0 Å². The summed E-state index contributed by atoms with van der Waals surface area (Å²) in [4.78, 5) is 16.4.